The molecule has 1 aromatic heterocycles. The van der Waals surface area contributed by atoms with Crippen LogP contribution in [0.5, 0.6) is 17.2 Å². The van der Waals surface area contributed by atoms with Crippen molar-refractivity contribution >= 4 is 22.7 Å². The standard InChI is InChI=1S/C22H24N4O5/c1-25-19-12-20(18(22(23)28)11-15(19)13-24-25)31-17-5-3-16(4-6-17)30-9-2-7-26-8-10-29-14-21(26)27/h3-6,11-13H,2,7-10,14H2,1H3,(H2,23,28). The van der Waals surface area contributed by atoms with Crippen LogP contribution in [-0.2, 0) is 16.6 Å². The number of carbonyl (C=O) groups excluding carboxylic acids is 2. The predicted octanol–water partition coefficient (Wildman–Crippen LogP) is 2.09. The van der Waals surface area contributed by atoms with Gasteiger partial charge in [-0.1, -0.05) is 0 Å². The van der Waals surface area contributed by atoms with Gasteiger partial charge in [0.25, 0.3) is 5.91 Å². The van der Waals surface area contributed by atoms with Crippen molar-refractivity contribution in [3.63, 3.8) is 0 Å². The number of primary amides is 1. The van der Waals surface area contributed by atoms with Gasteiger partial charge in [0.15, 0.2) is 0 Å². The lowest BCUT2D eigenvalue weighted by Crippen LogP contribution is -2.42. The fraction of sp³-hybridized carbons (Fsp3) is 0.318. The monoisotopic (exact) mass is 424 g/mol. The average Bonchev–Trinajstić information content (AvgIpc) is 3.13. The van der Waals surface area contributed by atoms with Crippen molar-refractivity contribution in [1.82, 2.24) is 14.7 Å². The molecule has 31 heavy (non-hydrogen) atoms. The highest BCUT2D eigenvalue weighted by atomic mass is 16.5. The number of aromatic nitrogens is 2. The smallest absolute Gasteiger partial charge is 0.252 e. The zero-order valence-electron chi connectivity index (χ0n) is 17.2. The molecule has 9 nitrogen and oxygen atoms in total. The third kappa shape index (κ3) is 4.77. The SMILES string of the molecule is Cn1ncc2cc(C(N)=O)c(Oc3ccc(OCCCN4CCOCC4=O)cc3)cc21. The van der Waals surface area contributed by atoms with Crippen LogP contribution in [0.1, 0.15) is 16.8 Å². The summed E-state index contributed by atoms with van der Waals surface area (Å²) in [5.41, 5.74) is 6.65. The Labute approximate surface area is 179 Å². The van der Waals surface area contributed by atoms with E-state index in [1.165, 1.54) is 0 Å². The van der Waals surface area contributed by atoms with Crippen molar-refractivity contribution in [2.75, 3.05) is 32.9 Å². The maximum Gasteiger partial charge on any atom is 0.252 e. The fourth-order valence-corrected chi connectivity index (χ4v) is 3.42. The molecule has 0 atom stereocenters. The summed E-state index contributed by atoms with van der Waals surface area (Å²) >= 11 is 0. The molecule has 162 valence electrons. The molecule has 1 saturated heterocycles. The second kappa shape index (κ2) is 9.05. The van der Waals surface area contributed by atoms with Crippen molar-refractivity contribution in [3.8, 4) is 17.2 Å². The summed E-state index contributed by atoms with van der Waals surface area (Å²) < 4.78 is 18.5. The van der Waals surface area contributed by atoms with Gasteiger partial charge in [-0.15, -0.1) is 0 Å². The number of hydrogen-bond acceptors (Lipinski definition) is 6. The molecule has 2 amide bonds. The van der Waals surface area contributed by atoms with Crippen LogP contribution in [0.15, 0.2) is 42.6 Å². The van der Waals surface area contributed by atoms with Crippen LogP contribution in [0.3, 0.4) is 0 Å². The first-order valence-electron chi connectivity index (χ1n) is 10.0. The Bertz CT molecular complexity index is 1090. The summed E-state index contributed by atoms with van der Waals surface area (Å²) in [6.45, 7) is 2.51. The molecule has 0 unspecified atom stereocenters. The van der Waals surface area contributed by atoms with E-state index in [4.69, 9.17) is 19.9 Å². The summed E-state index contributed by atoms with van der Waals surface area (Å²) in [6.07, 6.45) is 2.41. The highest BCUT2D eigenvalue weighted by Gasteiger charge is 2.18. The molecule has 2 aromatic carbocycles. The molecular formula is C22H24N4O5. The molecule has 0 aliphatic carbocycles. The van der Waals surface area contributed by atoms with E-state index < -0.39 is 5.91 Å². The number of morpholine rings is 1. The lowest BCUT2D eigenvalue weighted by molar-refractivity contribution is -0.142. The number of ether oxygens (including phenoxy) is 3. The summed E-state index contributed by atoms with van der Waals surface area (Å²) in [6, 6.07) is 10.5. The number of carbonyl (C=O) groups is 2. The van der Waals surface area contributed by atoms with Crippen LogP contribution in [-0.4, -0.2) is 59.4 Å². The van der Waals surface area contributed by atoms with Gasteiger partial charge in [-0.25, -0.2) is 0 Å². The summed E-state index contributed by atoms with van der Waals surface area (Å²) in [5, 5.41) is 5.00. The minimum Gasteiger partial charge on any atom is -0.494 e. The van der Waals surface area contributed by atoms with Gasteiger partial charge in [-0.3, -0.25) is 14.3 Å². The molecule has 0 bridgehead atoms. The van der Waals surface area contributed by atoms with E-state index in [1.54, 1.807) is 52.2 Å². The molecule has 9 heteroatoms. The number of benzene rings is 2. The Hall–Kier alpha value is -3.59. The summed E-state index contributed by atoms with van der Waals surface area (Å²) in [7, 11) is 1.82. The quantitative estimate of drug-likeness (QED) is 0.555. The van der Waals surface area contributed by atoms with Crippen molar-refractivity contribution in [1.29, 1.82) is 0 Å². The molecule has 3 aromatic rings. The Morgan fingerprint density at radius 3 is 2.74 bits per heavy atom. The van der Waals surface area contributed by atoms with Crippen LogP contribution < -0.4 is 15.2 Å². The second-order valence-electron chi connectivity index (χ2n) is 7.25. The number of aryl methyl sites for hydroxylation is 1. The lowest BCUT2D eigenvalue weighted by Gasteiger charge is -2.26. The molecule has 2 N–H and O–H groups in total. The zero-order valence-corrected chi connectivity index (χ0v) is 17.2. The lowest BCUT2D eigenvalue weighted by atomic mass is 10.1. The molecule has 4 rings (SSSR count). The van der Waals surface area contributed by atoms with Crippen LogP contribution in [0.25, 0.3) is 10.9 Å². The van der Waals surface area contributed by atoms with Crippen molar-refractivity contribution in [2.24, 2.45) is 12.8 Å². The molecule has 0 saturated carbocycles. The van der Waals surface area contributed by atoms with Crippen LogP contribution in [0, 0.1) is 0 Å². The van der Waals surface area contributed by atoms with Gasteiger partial charge >= 0.3 is 0 Å². The largest absolute Gasteiger partial charge is 0.494 e. The highest BCUT2D eigenvalue weighted by molar-refractivity contribution is 6.00. The number of nitrogens with two attached hydrogens (primary N) is 1. The first-order chi connectivity index (χ1) is 15.0. The van der Waals surface area contributed by atoms with Crippen molar-refractivity contribution < 1.29 is 23.8 Å². The number of amides is 2. The molecule has 1 fully saturated rings. The van der Waals surface area contributed by atoms with Crippen molar-refractivity contribution in [3.05, 3.63) is 48.2 Å². The van der Waals surface area contributed by atoms with Gasteiger partial charge in [0.05, 0.1) is 30.5 Å². The average molecular weight is 424 g/mol. The summed E-state index contributed by atoms with van der Waals surface area (Å²) in [4.78, 5) is 25.4. The van der Waals surface area contributed by atoms with Gasteiger partial charge in [0.2, 0.25) is 5.91 Å². The van der Waals surface area contributed by atoms with Crippen molar-refractivity contribution in [2.45, 2.75) is 6.42 Å². The van der Waals surface area contributed by atoms with E-state index in [9.17, 15) is 9.59 Å². The molecule has 2 heterocycles. The Balaban J connectivity index is 1.36. The third-order valence-corrected chi connectivity index (χ3v) is 5.09. The molecular weight excluding hydrogens is 400 g/mol. The maximum absolute atomic E-state index is 11.9. The topological polar surface area (TPSA) is 109 Å². The van der Waals surface area contributed by atoms with Crippen LogP contribution in [0.4, 0.5) is 0 Å². The zero-order chi connectivity index (χ0) is 21.8. The molecule has 0 spiro atoms. The van der Waals surface area contributed by atoms with E-state index in [0.717, 1.165) is 17.3 Å². The third-order valence-electron chi connectivity index (χ3n) is 5.09. The number of fused-ring (bicyclic) bond motifs is 1. The van der Waals surface area contributed by atoms with Gasteiger partial charge in [-0.2, -0.15) is 5.10 Å². The van der Waals surface area contributed by atoms with Gasteiger partial charge < -0.3 is 24.8 Å². The molecule has 1 aliphatic heterocycles. The van der Waals surface area contributed by atoms with Gasteiger partial charge in [0, 0.05) is 31.6 Å². The number of rotatable bonds is 8. The molecule has 0 radical (unpaired) electrons. The molecule has 1 aliphatic rings. The fourth-order valence-electron chi connectivity index (χ4n) is 3.42. The number of nitrogens with zero attached hydrogens (tertiary/aromatic N) is 3. The first kappa shape index (κ1) is 20.7. The Kier molecular flexibility index (Phi) is 6.03. The van der Waals surface area contributed by atoms with Crippen LogP contribution >= 0.6 is 0 Å². The Morgan fingerprint density at radius 1 is 1.23 bits per heavy atom. The normalized spacial score (nSPS) is 14.1. The van der Waals surface area contributed by atoms with E-state index in [1.807, 2.05) is 7.05 Å². The van der Waals surface area contributed by atoms with Gasteiger partial charge in [0.1, 0.15) is 23.9 Å². The highest BCUT2D eigenvalue weighted by Crippen LogP contribution is 2.30. The maximum atomic E-state index is 11.9. The van der Waals surface area contributed by atoms with E-state index >= 15 is 0 Å². The second-order valence-corrected chi connectivity index (χ2v) is 7.25. The minimum absolute atomic E-state index is 0.0207. The van der Waals surface area contributed by atoms with Gasteiger partial charge in [-0.05, 0) is 36.8 Å². The first-order valence-corrected chi connectivity index (χ1v) is 10.0. The predicted molar refractivity (Wildman–Crippen MR) is 113 cm³/mol. The van der Waals surface area contributed by atoms with E-state index in [0.29, 0.717) is 49.1 Å². The number of hydrogen-bond donors (Lipinski definition) is 1. The Morgan fingerprint density at radius 2 is 2.00 bits per heavy atom. The van der Waals surface area contributed by atoms with E-state index in [2.05, 4.69) is 5.10 Å². The summed E-state index contributed by atoms with van der Waals surface area (Å²) in [5.74, 6) is 1.06. The van der Waals surface area contributed by atoms with E-state index in [-0.39, 0.29) is 12.5 Å². The van der Waals surface area contributed by atoms with Crippen LogP contribution in [0.2, 0.25) is 0 Å². The minimum atomic E-state index is -0.570.